The van der Waals surface area contributed by atoms with E-state index in [0.717, 1.165) is 22.1 Å². The molecule has 1 aliphatic heterocycles. The topological polar surface area (TPSA) is 72.9 Å². The van der Waals surface area contributed by atoms with E-state index >= 15 is 0 Å². The lowest BCUT2D eigenvalue weighted by molar-refractivity contribution is -0.153. The van der Waals surface area contributed by atoms with E-state index in [9.17, 15) is 14.4 Å². The molecule has 0 radical (unpaired) electrons. The molecule has 6 nitrogen and oxygen atoms in total. The van der Waals surface area contributed by atoms with E-state index in [2.05, 4.69) is 15.9 Å². The van der Waals surface area contributed by atoms with Crippen LogP contribution in [0.15, 0.2) is 46.9 Å². The van der Waals surface area contributed by atoms with Gasteiger partial charge in [-0.1, -0.05) is 34.1 Å². The first kappa shape index (κ1) is 21.0. The van der Waals surface area contributed by atoms with Gasteiger partial charge in [-0.3, -0.25) is 14.4 Å². The number of Topliss-reactive ketones (excluding diaryl/α,β-unsaturated/α-hetero) is 1. The Labute approximate surface area is 177 Å². The van der Waals surface area contributed by atoms with Crippen molar-refractivity contribution in [3.8, 4) is 5.75 Å². The number of carbonyl (C=O) groups excluding carboxylic acids is 3. The number of ketones is 1. The summed E-state index contributed by atoms with van der Waals surface area (Å²) in [4.78, 5) is 39.0. The Bertz CT molecular complexity index is 943. The van der Waals surface area contributed by atoms with Gasteiger partial charge in [-0.05, 0) is 43.2 Å². The molecule has 0 spiro atoms. The molecule has 1 heterocycles. The van der Waals surface area contributed by atoms with Crippen molar-refractivity contribution in [3.63, 3.8) is 0 Å². The summed E-state index contributed by atoms with van der Waals surface area (Å²) in [6.07, 6.45) is -0.267. The molecule has 2 aromatic rings. The third kappa shape index (κ3) is 4.85. The van der Waals surface area contributed by atoms with Crippen LogP contribution in [-0.2, 0) is 20.7 Å². The number of para-hydroxylation sites is 1. The van der Waals surface area contributed by atoms with Crippen molar-refractivity contribution >= 4 is 39.3 Å². The maximum Gasteiger partial charge on any atom is 0.307 e. The van der Waals surface area contributed by atoms with Crippen LogP contribution in [0.25, 0.3) is 0 Å². The molecule has 0 saturated heterocycles. The number of esters is 1. The molecule has 152 valence electrons. The molecular formula is C22H22BrNO5. The fraction of sp³-hybridized carbons (Fsp3) is 0.318. The number of ether oxygens (including phenoxy) is 2. The number of rotatable bonds is 7. The van der Waals surface area contributed by atoms with Gasteiger partial charge in [0.15, 0.2) is 11.9 Å². The monoisotopic (exact) mass is 459 g/mol. The summed E-state index contributed by atoms with van der Waals surface area (Å²) in [6.45, 7) is 2.13. The lowest BCUT2D eigenvalue weighted by Crippen LogP contribution is -2.39. The SMILES string of the molecule is COc1ccc(Br)cc1C(=O)CCC(=O)OC(C)C(=O)N1CCc2ccccc21. The second-order valence-electron chi connectivity index (χ2n) is 6.77. The van der Waals surface area contributed by atoms with Crippen molar-refractivity contribution in [2.24, 2.45) is 0 Å². The van der Waals surface area contributed by atoms with Gasteiger partial charge < -0.3 is 14.4 Å². The number of methoxy groups -OCH3 is 1. The van der Waals surface area contributed by atoms with Gasteiger partial charge in [0.1, 0.15) is 5.75 Å². The van der Waals surface area contributed by atoms with Crippen molar-refractivity contribution in [1.29, 1.82) is 0 Å². The molecule has 1 atom stereocenters. The van der Waals surface area contributed by atoms with E-state index in [1.54, 1.807) is 30.0 Å². The minimum absolute atomic E-state index is 0.0287. The van der Waals surface area contributed by atoms with E-state index in [1.807, 2.05) is 24.3 Å². The molecule has 7 heteroatoms. The van der Waals surface area contributed by atoms with Crippen LogP contribution in [0.5, 0.6) is 5.75 Å². The highest BCUT2D eigenvalue weighted by molar-refractivity contribution is 9.10. The molecular weight excluding hydrogens is 438 g/mol. The highest BCUT2D eigenvalue weighted by Gasteiger charge is 2.29. The Morgan fingerprint density at radius 3 is 2.66 bits per heavy atom. The van der Waals surface area contributed by atoms with Crippen molar-refractivity contribution in [3.05, 3.63) is 58.1 Å². The Hall–Kier alpha value is -2.67. The van der Waals surface area contributed by atoms with Crippen LogP contribution in [0.4, 0.5) is 5.69 Å². The predicted octanol–water partition coefficient (Wildman–Crippen LogP) is 3.94. The molecule has 0 N–H and O–H groups in total. The van der Waals surface area contributed by atoms with Gasteiger partial charge in [0, 0.05) is 23.1 Å². The summed E-state index contributed by atoms with van der Waals surface area (Å²) in [6, 6.07) is 12.8. The Morgan fingerprint density at radius 2 is 1.90 bits per heavy atom. The van der Waals surface area contributed by atoms with Crippen molar-refractivity contribution in [2.75, 3.05) is 18.6 Å². The molecule has 29 heavy (non-hydrogen) atoms. The molecule has 0 aliphatic carbocycles. The minimum atomic E-state index is -0.913. The smallest absolute Gasteiger partial charge is 0.307 e. The lowest BCUT2D eigenvalue weighted by atomic mass is 10.1. The number of benzene rings is 2. The standard InChI is InChI=1S/C22H22BrNO5/c1-14(22(27)24-12-11-15-5-3-4-6-18(15)24)29-21(26)10-8-19(25)17-13-16(23)7-9-20(17)28-2/h3-7,9,13-14H,8,10-12H2,1-2H3. The van der Waals surface area contributed by atoms with Gasteiger partial charge in [-0.2, -0.15) is 0 Å². The maximum absolute atomic E-state index is 12.7. The number of carbonyl (C=O) groups is 3. The average Bonchev–Trinajstić information content (AvgIpc) is 3.15. The first-order valence-corrected chi connectivity index (χ1v) is 10.2. The third-order valence-electron chi connectivity index (χ3n) is 4.83. The third-order valence-corrected chi connectivity index (χ3v) is 5.32. The summed E-state index contributed by atoms with van der Waals surface area (Å²) in [5.74, 6) is -0.626. The normalized spacial score (nSPS) is 13.6. The zero-order chi connectivity index (χ0) is 21.0. The average molecular weight is 460 g/mol. The number of amides is 1. The van der Waals surface area contributed by atoms with Gasteiger partial charge in [0.05, 0.1) is 19.1 Å². The van der Waals surface area contributed by atoms with Gasteiger partial charge in [-0.25, -0.2) is 0 Å². The van der Waals surface area contributed by atoms with E-state index < -0.39 is 12.1 Å². The summed E-state index contributed by atoms with van der Waals surface area (Å²) in [7, 11) is 1.48. The maximum atomic E-state index is 12.7. The highest BCUT2D eigenvalue weighted by atomic mass is 79.9. The quantitative estimate of drug-likeness (QED) is 0.463. The van der Waals surface area contributed by atoms with E-state index in [0.29, 0.717) is 17.9 Å². The van der Waals surface area contributed by atoms with Crippen molar-refractivity contribution < 1.29 is 23.9 Å². The highest BCUT2D eigenvalue weighted by Crippen LogP contribution is 2.28. The van der Waals surface area contributed by atoms with Crippen LogP contribution in [0.2, 0.25) is 0 Å². The van der Waals surface area contributed by atoms with Crippen LogP contribution in [0.1, 0.15) is 35.7 Å². The van der Waals surface area contributed by atoms with E-state index in [1.165, 1.54) is 7.11 Å². The van der Waals surface area contributed by atoms with E-state index in [4.69, 9.17) is 9.47 Å². The van der Waals surface area contributed by atoms with Crippen LogP contribution in [0, 0.1) is 0 Å². The van der Waals surface area contributed by atoms with Gasteiger partial charge in [-0.15, -0.1) is 0 Å². The number of halogens is 1. The first-order chi connectivity index (χ1) is 13.9. The van der Waals surface area contributed by atoms with Crippen molar-refractivity contribution in [2.45, 2.75) is 32.3 Å². The van der Waals surface area contributed by atoms with Crippen LogP contribution >= 0.6 is 15.9 Å². The van der Waals surface area contributed by atoms with Gasteiger partial charge in [0.2, 0.25) is 0 Å². The molecule has 1 unspecified atom stereocenters. The van der Waals surface area contributed by atoms with Crippen molar-refractivity contribution in [1.82, 2.24) is 0 Å². The Kier molecular flexibility index (Phi) is 6.69. The second kappa shape index (κ2) is 9.22. The summed E-state index contributed by atoms with van der Waals surface area (Å²) >= 11 is 3.32. The molecule has 2 aromatic carbocycles. The lowest BCUT2D eigenvalue weighted by Gasteiger charge is -2.21. The molecule has 0 fully saturated rings. The molecule has 0 aromatic heterocycles. The number of hydrogen-bond donors (Lipinski definition) is 0. The summed E-state index contributed by atoms with van der Waals surface area (Å²) in [5.41, 5.74) is 2.36. The minimum Gasteiger partial charge on any atom is -0.496 e. The number of fused-ring (bicyclic) bond motifs is 1. The van der Waals surface area contributed by atoms with Gasteiger partial charge >= 0.3 is 5.97 Å². The van der Waals surface area contributed by atoms with Crippen LogP contribution in [0.3, 0.4) is 0 Å². The predicted molar refractivity (Wildman–Crippen MR) is 112 cm³/mol. The van der Waals surface area contributed by atoms with Crippen LogP contribution in [-0.4, -0.2) is 37.4 Å². The fourth-order valence-electron chi connectivity index (χ4n) is 3.34. The zero-order valence-electron chi connectivity index (χ0n) is 16.3. The first-order valence-electron chi connectivity index (χ1n) is 9.36. The Balaban J connectivity index is 1.55. The fourth-order valence-corrected chi connectivity index (χ4v) is 3.70. The molecule has 1 aliphatic rings. The number of anilines is 1. The number of hydrogen-bond acceptors (Lipinski definition) is 5. The second-order valence-corrected chi connectivity index (χ2v) is 7.68. The largest absolute Gasteiger partial charge is 0.496 e. The van der Waals surface area contributed by atoms with Crippen LogP contribution < -0.4 is 9.64 Å². The molecule has 0 saturated carbocycles. The zero-order valence-corrected chi connectivity index (χ0v) is 17.9. The Morgan fingerprint density at radius 1 is 1.14 bits per heavy atom. The molecule has 0 bridgehead atoms. The van der Waals surface area contributed by atoms with E-state index in [-0.39, 0.29) is 24.5 Å². The molecule has 3 rings (SSSR count). The molecule has 1 amide bonds. The van der Waals surface area contributed by atoms with Gasteiger partial charge in [0.25, 0.3) is 5.91 Å². The number of nitrogens with zero attached hydrogens (tertiary/aromatic N) is 1. The summed E-state index contributed by atoms with van der Waals surface area (Å²) < 4.78 is 11.2. The summed E-state index contributed by atoms with van der Waals surface area (Å²) in [5, 5.41) is 0.